The zero-order valence-electron chi connectivity index (χ0n) is 64.1. The van der Waals surface area contributed by atoms with Crippen LogP contribution in [0, 0.1) is 0 Å². The maximum atomic E-state index is 13.5. The fourth-order valence-corrected chi connectivity index (χ4v) is 12.6. The smallest absolute Gasteiger partial charge is 0.220 e. The highest BCUT2D eigenvalue weighted by atomic mass is 16.8. The Morgan fingerprint density at radius 2 is 0.667 bits per heavy atom. The Balaban J connectivity index is 1.41. The molecule has 1 amide bonds. The first-order valence-corrected chi connectivity index (χ1v) is 40.6. The summed E-state index contributed by atoms with van der Waals surface area (Å²) in [6, 6.07) is -1.02. The molecule has 600 valence electrons. The van der Waals surface area contributed by atoms with Crippen molar-refractivity contribution in [1.29, 1.82) is 0 Å². The normalized spacial score (nSPS) is 26.6. The summed E-state index contributed by atoms with van der Waals surface area (Å²) in [6.07, 6.45) is 66.8. The standard InChI is InChI=1S/C86H143NO18/c1-3-5-7-9-11-13-15-17-19-21-23-25-27-29-31-32-33-34-35-36-38-40-42-44-46-48-50-52-54-56-58-60-62-64-74(92)87-69(70(91)63-61-59-57-55-53-51-49-47-45-43-41-39-37-30-28-26-24-22-20-18-16-14-12-10-8-6-4-2)68-100-84-80(98)77(95)82(72(66-89)102-84)105-86-81(99)78(96)83(73(67-90)103-86)104-85-79(97)76(94)75(93)71(65-88)101-85/h5,7,11,13,17,19,23,25,29,31,33-34,36,38,42,44-45,47-48,50,53,55,61,63,69-73,75-86,88-91,93-99H,3-4,6,8-10,12,14-16,18,20-22,24,26-28,30,32,35,37,39-41,43,46,49,51-52,54,56-60,62,64-68H2,1-2H3,(H,87,92)/b7-5-,13-11-,19-17-,25-23-,31-29-,34-33-,38-36-,44-42-,47-45+,50-48-,55-53+,63-61+. The average Bonchev–Trinajstić information content (AvgIpc) is 0.780. The Bertz CT molecular complexity index is 2470. The monoisotopic (exact) mass is 1480 g/mol. The van der Waals surface area contributed by atoms with Gasteiger partial charge in [-0.3, -0.25) is 4.79 Å². The van der Waals surface area contributed by atoms with Gasteiger partial charge in [0.1, 0.15) is 73.2 Å². The van der Waals surface area contributed by atoms with Crippen molar-refractivity contribution in [2.45, 2.75) is 362 Å². The highest BCUT2D eigenvalue weighted by Gasteiger charge is 2.54. The predicted molar refractivity (Wildman–Crippen MR) is 419 cm³/mol. The largest absolute Gasteiger partial charge is 0.394 e. The molecule has 105 heavy (non-hydrogen) atoms. The molecule has 3 saturated heterocycles. The van der Waals surface area contributed by atoms with Gasteiger partial charge in [0.25, 0.3) is 0 Å². The third kappa shape index (κ3) is 44.2. The van der Waals surface area contributed by atoms with Crippen molar-refractivity contribution in [1.82, 2.24) is 5.32 Å². The van der Waals surface area contributed by atoms with Crippen molar-refractivity contribution in [3.63, 3.8) is 0 Å². The Morgan fingerprint density at radius 3 is 1.07 bits per heavy atom. The molecule has 3 fully saturated rings. The van der Waals surface area contributed by atoms with Crippen LogP contribution in [0.15, 0.2) is 146 Å². The van der Waals surface area contributed by atoms with Gasteiger partial charge in [-0.2, -0.15) is 0 Å². The number of carbonyl (C=O) groups is 1. The van der Waals surface area contributed by atoms with Gasteiger partial charge in [0.2, 0.25) is 5.91 Å². The highest BCUT2D eigenvalue weighted by Crippen LogP contribution is 2.33. The molecule has 3 aliphatic heterocycles. The molecule has 0 aromatic heterocycles. The third-order valence-electron chi connectivity index (χ3n) is 19.1. The molecule has 17 atom stereocenters. The summed E-state index contributed by atoms with van der Waals surface area (Å²) in [7, 11) is 0. The van der Waals surface area contributed by atoms with Crippen LogP contribution in [0.4, 0.5) is 0 Å². The molecule has 3 heterocycles. The molecule has 0 aliphatic carbocycles. The van der Waals surface area contributed by atoms with E-state index in [0.717, 1.165) is 116 Å². The van der Waals surface area contributed by atoms with Gasteiger partial charge >= 0.3 is 0 Å². The van der Waals surface area contributed by atoms with E-state index >= 15 is 0 Å². The number of allylic oxidation sites excluding steroid dienone is 23. The quantitative estimate of drug-likeness (QED) is 0.0199. The Labute approximate surface area is 632 Å². The zero-order valence-corrected chi connectivity index (χ0v) is 64.1. The molecule has 17 unspecified atom stereocenters. The fourth-order valence-electron chi connectivity index (χ4n) is 12.6. The van der Waals surface area contributed by atoms with E-state index in [-0.39, 0.29) is 18.9 Å². The molecule has 19 nitrogen and oxygen atoms in total. The minimum Gasteiger partial charge on any atom is -0.394 e. The highest BCUT2D eigenvalue weighted by molar-refractivity contribution is 5.76. The lowest BCUT2D eigenvalue weighted by Gasteiger charge is -2.48. The van der Waals surface area contributed by atoms with Crippen LogP contribution in [0.2, 0.25) is 0 Å². The molecule has 0 bridgehead atoms. The molecule has 3 rings (SSSR count). The first-order valence-electron chi connectivity index (χ1n) is 40.6. The number of aliphatic hydroxyl groups is 11. The van der Waals surface area contributed by atoms with Crippen LogP contribution in [0.5, 0.6) is 0 Å². The number of nitrogens with one attached hydrogen (secondary N) is 1. The number of rotatable bonds is 62. The maximum Gasteiger partial charge on any atom is 0.220 e. The van der Waals surface area contributed by atoms with Crippen molar-refractivity contribution in [2.75, 3.05) is 26.4 Å². The first kappa shape index (κ1) is 94.9. The molecular formula is C86H143NO18. The van der Waals surface area contributed by atoms with Crippen LogP contribution in [-0.2, 0) is 33.2 Å². The van der Waals surface area contributed by atoms with Crippen LogP contribution >= 0.6 is 0 Å². The van der Waals surface area contributed by atoms with Crippen molar-refractivity contribution < 1.29 is 89.4 Å². The number of hydrogen-bond donors (Lipinski definition) is 12. The van der Waals surface area contributed by atoms with E-state index in [1.807, 2.05) is 6.08 Å². The summed E-state index contributed by atoms with van der Waals surface area (Å²) >= 11 is 0. The van der Waals surface area contributed by atoms with E-state index in [9.17, 15) is 61.0 Å². The number of carbonyl (C=O) groups excluding carboxylic acids is 1. The van der Waals surface area contributed by atoms with E-state index in [1.165, 1.54) is 109 Å². The maximum absolute atomic E-state index is 13.5. The second kappa shape index (κ2) is 64.5. The Hall–Kier alpha value is -4.33. The SMILES string of the molecule is CC/C=C\C/C=C\C/C=C\C/C=C\C/C=C\C/C=C\C/C=C\C/C=C\C/C=C\CCCCCCCC(=O)NC(COC1OC(CO)C(OC2OC(CO)C(OC3OC(CO)C(O)C(O)C3O)C(O)C2O)C(O)C1O)C(O)/C=C/CC/C=C/CC/C=C/CCCCCCCCCCCCCCCCCCC. The van der Waals surface area contributed by atoms with Gasteiger partial charge in [-0.15, -0.1) is 0 Å². The Morgan fingerprint density at radius 1 is 0.352 bits per heavy atom. The number of unbranched alkanes of at least 4 members (excludes halogenated alkanes) is 24. The first-order chi connectivity index (χ1) is 51.3. The van der Waals surface area contributed by atoms with E-state index in [2.05, 4.69) is 153 Å². The van der Waals surface area contributed by atoms with Crippen LogP contribution < -0.4 is 5.32 Å². The van der Waals surface area contributed by atoms with E-state index in [1.54, 1.807) is 6.08 Å². The van der Waals surface area contributed by atoms with Gasteiger partial charge in [-0.05, 0) is 116 Å². The summed E-state index contributed by atoms with van der Waals surface area (Å²) in [5, 5.41) is 121. The van der Waals surface area contributed by atoms with Crippen molar-refractivity contribution in [3.8, 4) is 0 Å². The minimum absolute atomic E-state index is 0.199. The summed E-state index contributed by atoms with van der Waals surface area (Å²) in [6.45, 7) is 1.58. The van der Waals surface area contributed by atoms with E-state index in [0.29, 0.717) is 12.8 Å². The molecule has 0 aromatic rings. The van der Waals surface area contributed by atoms with Crippen LogP contribution in [0.3, 0.4) is 0 Å². The van der Waals surface area contributed by atoms with Gasteiger partial charge in [0, 0.05) is 6.42 Å². The second-order valence-corrected chi connectivity index (χ2v) is 28.1. The average molecular weight is 1480 g/mol. The van der Waals surface area contributed by atoms with Crippen LogP contribution in [-0.4, -0.2) is 193 Å². The molecular weight excluding hydrogens is 1330 g/mol. The lowest BCUT2D eigenvalue weighted by Crippen LogP contribution is -2.66. The summed E-state index contributed by atoms with van der Waals surface area (Å²) in [5.74, 6) is -0.313. The summed E-state index contributed by atoms with van der Waals surface area (Å²) < 4.78 is 34.4. The molecule has 0 radical (unpaired) electrons. The predicted octanol–water partition coefficient (Wildman–Crippen LogP) is 13.8. The van der Waals surface area contributed by atoms with Gasteiger partial charge in [0.05, 0.1) is 38.6 Å². The van der Waals surface area contributed by atoms with Crippen molar-refractivity contribution >= 4 is 5.91 Å². The number of ether oxygens (including phenoxy) is 6. The van der Waals surface area contributed by atoms with Gasteiger partial charge < -0.3 is 89.9 Å². The van der Waals surface area contributed by atoms with Gasteiger partial charge in [0.15, 0.2) is 18.9 Å². The van der Waals surface area contributed by atoms with Gasteiger partial charge in [-0.25, -0.2) is 0 Å². The van der Waals surface area contributed by atoms with Crippen molar-refractivity contribution in [3.05, 3.63) is 146 Å². The summed E-state index contributed by atoms with van der Waals surface area (Å²) in [5.41, 5.74) is 0. The number of hydrogen-bond acceptors (Lipinski definition) is 18. The van der Waals surface area contributed by atoms with Crippen LogP contribution in [0.25, 0.3) is 0 Å². The van der Waals surface area contributed by atoms with Crippen molar-refractivity contribution in [2.24, 2.45) is 0 Å². The number of aliphatic hydroxyl groups excluding tert-OH is 11. The lowest BCUT2D eigenvalue weighted by atomic mass is 9.96. The third-order valence-corrected chi connectivity index (χ3v) is 19.1. The van der Waals surface area contributed by atoms with E-state index < -0.39 is 124 Å². The lowest BCUT2D eigenvalue weighted by molar-refractivity contribution is -0.379. The molecule has 19 heteroatoms. The van der Waals surface area contributed by atoms with E-state index in [4.69, 9.17) is 28.4 Å². The summed E-state index contributed by atoms with van der Waals surface area (Å²) in [4.78, 5) is 13.5. The fraction of sp³-hybridized carbons (Fsp3) is 0.709. The number of amides is 1. The molecule has 0 aromatic carbocycles. The molecule has 3 aliphatic rings. The van der Waals surface area contributed by atoms with Crippen LogP contribution in [0.1, 0.15) is 258 Å². The second-order valence-electron chi connectivity index (χ2n) is 28.1. The molecule has 0 saturated carbocycles. The molecule has 12 N–H and O–H groups in total. The topological polar surface area (TPSA) is 307 Å². The van der Waals surface area contributed by atoms with Gasteiger partial charge in [-0.1, -0.05) is 282 Å². The molecule has 0 spiro atoms. The zero-order chi connectivity index (χ0) is 76.0. The Kier molecular flexibility index (Phi) is 58.3. The minimum atomic E-state index is -1.99.